The Labute approximate surface area is 123 Å². The van der Waals surface area contributed by atoms with E-state index in [2.05, 4.69) is 31.7 Å². The van der Waals surface area contributed by atoms with E-state index in [9.17, 15) is 5.11 Å². The van der Waals surface area contributed by atoms with Crippen LogP contribution >= 0.6 is 12.6 Å². The van der Waals surface area contributed by atoms with Crippen LogP contribution in [-0.4, -0.2) is 16.5 Å². The summed E-state index contributed by atoms with van der Waals surface area (Å²) >= 11 is 4.69. The van der Waals surface area contributed by atoms with E-state index in [1.165, 1.54) is 32.1 Å². The molecule has 3 aliphatic carbocycles. The first kappa shape index (κ1) is 14.0. The fourth-order valence-electron chi connectivity index (χ4n) is 3.60. The van der Waals surface area contributed by atoms with Gasteiger partial charge in [-0.2, -0.15) is 12.6 Å². The predicted octanol–water partition coefficient (Wildman–Crippen LogP) is 4.07. The number of aliphatic hydroxyl groups is 1. The van der Waals surface area contributed by atoms with Crippen molar-refractivity contribution in [2.75, 3.05) is 0 Å². The van der Waals surface area contributed by atoms with Crippen LogP contribution in [0.4, 0.5) is 0 Å². The fourth-order valence-corrected chi connectivity index (χ4v) is 3.87. The molecule has 0 aliphatic heterocycles. The summed E-state index contributed by atoms with van der Waals surface area (Å²) in [5.41, 5.74) is 0. The monoisotopic (exact) mass is 280 g/mol. The van der Waals surface area contributed by atoms with Gasteiger partial charge in [0.1, 0.15) is 0 Å². The number of hydrogen-bond acceptors (Lipinski definition) is 2. The van der Waals surface area contributed by atoms with Gasteiger partial charge in [0, 0.05) is 5.25 Å². The highest BCUT2D eigenvalue weighted by molar-refractivity contribution is 7.80. The molecule has 5 atom stereocenters. The van der Waals surface area contributed by atoms with Crippen molar-refractivity contribution >= 4 is 12.6 Å². The van der Waals surface area contributed by atoms with Crippen molar-refractivity contribution in [2.24, 2.45) is 29.6 Å². The summed E-state index contributed by atoms with van der Waals surface area (Å²) in [5.74, 6) is 3.76. The van der Waals surface area contributed by atoms with Gasteiger partial charge in [0.05, 0.1) is 6.10 Å². The second-order valence-electron chi connectivity index (χ2n) is 7.16. The molecule has 0 spiro atoms. The van der Waals surface area contributed by atoms with Gasteiger partial charge in [0.15, 0.2) is 0 Å². The highest BCUT2D eigenvalue weighted by Gasteiger charge is 2.54. The third-order valence-electron chi connectivity index (χ3n) is 5.43. The van der Waals surface area contributed by atoms with E-state index >= 15 is 0 Å². The number of thiol groups is 1. The Morgan fingerprint density at radius 3 is 2.63 bits per heavy atom. The van der Waals surface area contributed by atoms with Gasteiger partial charge in [-0.25, -0.2) is 0 Å². The topological polar surface area (TPSA) is 20.2 Å². The lowest BCUT2D eigenvalue weighted by atomic mass is 9.97. The second kappa shape index (κ2) is 5.81. The lowest BCUT2D eigenvalue weighted by molar-refractivity contribution is 0.229. The van der Waals surface area contributed by atoms with Gasteiger partial charge >= 0.3 is 0 Å². The third kappa shape index (κ3) is 3.78. The van der Waals surface area contributed by atoms with Crippen LogP contribution in [0.2, 0.25) is 0 Å². The molecule has 1 nitrogen and oxygen atoms in total. The van der Waals surface area contributed by atoms with Gasteiger partial charge in [-0.3, -0.25) is 0 Å². The lowest BCUT2D eigenvalue weighted by Gasteiger charge is -2.10. The van der Waals surface area contributed by atoms with Crippen LogP contribution in [0.3, 0.4) is 0 Å². The quantitative estimate of drug-likeness (QED) is 0.507. The molecule has 3 aliphatic rings. The first-order valence-electron chi connectivity index (χ1n) is 8.19. The van der Waals surface area contributed by atoms with Crippen LogP contribution in [-0.2, 0) is 0 Å². The molecule has 0 saturated heterocycles. The Bertz CT molecular complexity index is 332. The maximum atomic E-state index is 10.1. The number of aliphatic hydroxyl groups excluding tert-OH is 1. The van der Waals surface area contributed by atoms with E-state index in [1.54, 1.807) is 0 Å². The summed E-state index contributed by atoms with van der Waals surface area (Å²) in [7, 11) is 0. The summed E-state index contributed by atoms with van der Waals surface area (Å²) < 4.78 is 0. The zero-order chi connectivity index (χ0) is 13.4. The Balaban J connectivity index is 1.33. The van der Waals surface area contributed by atoms with Crippen molar-refractivity contribution < 1.29 is 5.11 Å². The van der Waals surface area contributed by atoms with Gasteiger partial charge in [-0.05, 0) is 74.5 Å². The van der Waals surface area contributed by atoms with Crippen molar-refractivity contribution in [3.63, 3.8) is 0 Å². The SMILES string of the molecule is CC(C1CC1)C1C(O)C1CCC(S)CC=CC1CC1. The van der Waals surface area contributed by atoms with E-state index in [4.69, 9.17) is 0 Å². The Morgan fingerprint density at radius 2 is 2.00 bits per heavy atom. The van der Waals surface area contributed by atoms with Crippen molar-refractivity contribution in [3.8, 4) is 0 Å². The highest BCUT2D eigenvalue weighted by Crippen LogP contribution is 2.54. The zero-order valence-corrected chi connectivity index (χ0v) is 12.9. The second-order valence-corrected chi connectivity index (χ2v) is 7.89. The van der Waals surface area contributed by atoms with Gasteiger partial charge in [-0.1, -0.05) is 19.1 Å². The maximum absolute atomic E-state index is 10.1. The number of rotatable bonds is 8. The molecule has 1 N–H and O–H groups in total. The molecule has 0 aromatic rings. The molecule has 0 heterocycles. The minimum atomic E-state index is -0.00172. The molecule has 5 unspecified atom stereocenters. The Hall–Kier alpha value is 0.0500. The van der Waals surface area contributed by atoms with Crippen molar-refractivity contribution in [3.05, 3.63) is 12.2 Å². The Kier molecular flexibility index (Phi) is 4.28. The maximum Gasteiger partial charge on any atom is 0.0606 e. The molecular formula is C17H28OS. The van der Waals surface area contributed by atoms with Crippen LogP contribution in [0.1, 0.15) is 51.9 Å². The van der Waals surface area contributed by atoms with E-state index < -0.39 is 0 Å². The van der Waals surface area contributed by atoms with Gasteiger partial charge < -0.3 is 5.11 Å². The highest BCUT2D eigenvalue weighted by atomic mass is 32.1. The van der Waals surface area contributed by atoms with Gasteiger partial charge in [-0.15, -0.1) is 0 Å². The molecule has 19 heavy (non-hydrogen) atoms. The normalized spacial score (nSPS) is 37.5. The van der Waals surface area contributed by atoms with Crippen LogP contribution in [0.15, 0.2) is 12.2 Å². The van der Waals surface area contributed by atoms with Crippen LogP contribution in [0, 0.1) is 29.6 Å². The molecule has 0 radical (unpaired) electrons. The summed E-state index contributed by atoms with van der Waals surface area (Å²) in [6, 6.07) is 0. The van der Waals surface area contributed by atoms with Gasteiger partial charge in [0.25, 0.3) is 0 Å². The first-order valence-corrected chi connectivity index (χ1v) is 8.71. The molecule has 3 rings (SSSR count). The average Bonchev–Trinajstić information content (AvgIpc) is 3.21. The number of hydrogen-bond donors (Lipinski definition) is 2. The molecular weight excluding hydrogens is 252 g/mol. The van der Waals surface area contributed by atoms with E-state index in [0.29, 0.717) is 17.1 Å². The summed E-state index contributed by atoms with van der Waals surface area (Å²) in [4.78, 5) is 0. The van der Waals surface area contributed by atoms with Crippen molar-refractivity contribution in [2.45, 2.75) is 63.2 Å². The Morgan fingerprint density at radius 1 is 1.26 bits per heavy atom. The fraction of sp³-hybridized carbons (Fsp3) is 0.882. The molecule has 108 valence electrons. The smallest absolute Gasteiger partial charge is 0.0606 e. The summed E-state index contributed by atoms with van der Waals surface area (Å²) in [6.07, 6.45) is 13.7. The third-order valence-corrected chi connectivity index (χ3v) is 5.90. The average molecular weight is 280 g/mol. The van der Waals surface area contributed by atoms with Gasteiger partial charge in [0.2, 0.25) is 0 Å². The first-order chi connectivity index (χ1) is 9.16. The number of allylic oxidation sites excluding steroid dienone is 2. The van der Waals surface area contributed by atoms with Crippen LogP contribution in [0.25, 0.3) is 0 Å². The molecule has 3 saturated carbocycles. The van der Waals surface area contributed by atoms with Crippen molar-refractivity contribution in [1.82, 2.24) is 0 Å². The van der Waals surface area contributed by atoms with E-state index in [1.807, 2.05) is 0 Å². The standard InChI is InChI=1S/C17H28OS/c1-11(13-7-8-13)16-15(17(16)18)10-9-14(19)4-2-3-12-5-6-12/h2-3,11-19H,4-10H2,1H3. The van der Waals surface area contributed by atoms with Crippen LogP contribution < -0.4 is 0 Å². The molecule has 2 heteroatoms. The molecule has 0 aromatic carbocycles. The van der Waals surface area contributed by atoms with Crippen LogP contribution in [0.5, 0.6) is 0 Å². The summed E-state index contributed by atoms with van der Waals surface area (Å²) in [5, 5.41) is 10.6. The molecule has 0 bridgehead atoms. The minimum Gasteiger partial charge on any atom is -0.393 e. The minimum absolute atomic E-state index is 0.00172. The summed E-state index contributed by atoms with van der Waals surface area (Å²) in [6.45, 7) is 2.35. The molecule has 0 aromatic heterocycles. The van der Waals surface area contributed by atoms with E-state index in [0.717, 1.165) is 30.6 Å². The largest absolute Gasteiger partial charge is 0.393 e. The zero-order valence-electron chi connectivity index (χ0n) is 12.0. The lowest BCUT2D eigenvalue weighted by Crippen LogP contribution is -2.04. The van der Waals surface area contributed by atoms with E-state index in [-0.39, 0.29) is 6.10 Å². The molecule has 0 amide bonds. The molecule has 3 fully saturated rings. The van der Waals surface area contributed by atoms with Crippen molar-refractivity contribution in [1.29, 1.82) is 0 Å². The predicted molar refractivity (Wildman–Crippen MR) is 83.4 cm³/mol.